The Labute approximate surface area is 136 Å². The Balaban J connectivity index is 1.93. The third-order valence-electron chi connectivity index (χ3n) is 2.54. The molecule has 2 aromatic rings. The molecule has 0 N–H and O–H groups in total. The topological polar surface area (TPSA) is 52.4 Å². The number of ether oxygens (including phenoxy) is 1. The summed E-state index contributed by atoms with van der Waals surface area (Å²) in [5.74, 6) is 0.991. The van der Waals surface area contributed by atoms with Crippen molar-refractivity contribution in [2.75, 3.05) is 12.4 Å². The molecule has 0 amide bonds. The van der Waals surface area contributed by atoms with Crippen molar-refractivity contribution in [1.82, 2.24) is 0 Å². The van der Waals surface area contributed by atoms with E-state index in [-0.39, 0.29) is 21.5 Å². The lowest BCUT2D eigenvalue weighted by Gasteiger charge is -2.09. The van der Waals surface area contributed by atoms with Gasteiger partial charge in [0.05, 0.1) is 21.6 Å². The van der Waals surface area contributed by atoms with Crippen LogP contribution in [0.25, 0.3) is 0 Å². The maximum Gasteiger partial charge on any atom is 0.272 e. The molecule has 0 bridgehead atoms. The molecule has 0 aromatic heterocycles. The molecule has 110 valence electrons. The van der Waals surface area contributed by atoms with E-state index in [2.05, 4.69) is 0 Å². The van der Waals surface area contributed by atoms with E-state index in [1.165, 1.54) is 12.1 Å². The van der Waals surface area contributed by atoms with Crippen LogP contribution in [0.1, 0.15) is 0 Å². The Hall–Kier alpha value is -1.43. The van der Waals surface area contributed by atoms with Crippen LogP contribution in [0.3, 0.4) is 0 Å². The first-order valence-corrected chi connectivity index (χ1v) is 7.76. The van der Waals surface area contributed by atoms with Gasteiger partial charge >= 0.3 is 0 Å². The van der Waals surface area contributed by atoms with Crippen molar-refractivity contribution in [3.05, 3.63) is 62.6 Å². The van der Waals surface area contributed by atoms with Crippen LogP contribution in [0.15, 0.2) is 47.4 Å². The molecule has 0 saturated heterocycles. The second-order valence-electron chi connectivity index (χ2n) is 4.01. The van der Waals surface area contributed by atoms with Gasteiger partial charge in [-0.3, -0.25) is 10.1 Å². The van der Waals surface area contributed by atoms with Gasteiger partial charge in [-0.15, -0.1) is 11.8 Å². The molecular weight excluding hydrogens is 333 g/mol. The van der Waals surface area contributed by atoms with Crippen LogP contribution in [0.4, 0.5) is 5.69 Å². The van der Waals surface area contributed by atoms with Gasteiger partial charge in [0.2, 0.25) is 0 Å². The Bertz CT molecular complexity index is 614. The minimum Gasteiger partial charge on any atom is -0.490 e. The fraction of sp³-hybridized carbons (Fsp3) is 0.143. The van der Waals surface area contributed by atoms with E-state index in [1.54, 1.807) is 11.8 Å². The molecule has 2 aromatic carbocycles. The SMILES string of the molecule is O=[N+]([O-])c1cc(Cl)c(OCCSc2ccccc2)c(Cl)c1. The molecule has 0 saturated carbocycles. The number of rotatable bonds is 6. The van der Waals surface area contributed by atoms with Crippen LogP contribution >= 0.6 is 35.0 Å². The lowest BCUT2D eigenvalue weighted by atomic mass is 10.3. The fourth-order valence-electron chi connectivity index (χ4n) is 1.61. The standard InChI is InChI=1S/C14H11Cl2NO3S/c15-12-8-10(17(18)19)9-13(16)14(12)20-6-7-21-11-4-2-1-3-5-11/h1-5,8-9H,6-7H2. The number of halogens is 2. The first-order chi connectivity index (χ1) is 10.1. The number of nitro benzene ring substituents is 1. The molecule has 0 aliphatic heterocycles. The highest BCUT2D eigenvalue weighted by Crippen LogP contribution is 2.36. The van der Waals surface area contributed by atoms with Crippen LogP contribution in [0.5, 0.6) is 5.75 Å². The number of non-ortho nitro benzene ring substituents is 1. The van der Waals surface area contributed by atoms with Gasteiger partial charge in [0.1, 0.15) is 0 Å². The molecule has 2 rings (SSSR count). The lowest BCUT2D eigenvalue weighted by Crippen LogP contribution is -2.01. The van der Waals surface area contributed by atoms with Crippen LogP contribution in [0, 0.1) is 10.1 Å². The lowest BCUT2D eigenvalue weighted by molar-refractivity contribution is -0.384. The van der Waals surface area contributed by atoms with E-state index < -0.39 is 4.92 Å². The normalized spacial score (nSPS) is 10.4. The number of hydrogen-bond donors (Lipinski definition) is 0. The predicted molar refractivity (Wildman–Crippen MR) is 85.8 cm³/mol. The molecule has 0 aliphatic rings. The van der Waals surface area contributed by atoms with E-state index in [0.717, 1.165) is 4.90 Å². The highest BCUT2D eigenvalue weighted by atomic mass is 35.5. The summed E-state index contributed by atoms with van der Waals surface area (Å²) in [6.07, 6.45) is 0. The summed E-state index contributed by atoms with van der Waals surface area (Å²) >= 11 is 13.5. The van der Waals surface area contributed by atoms with Gasteiger partial charge in [-0.2, -0.15) is 0 Å². The second kappa shape index (κ2) is 7.54. The molecule has 4 nitrogen and oxygen atoms in total. The number of benzene rings is 2. The number of hydrogen-bond acceptors (Lipinski definition) is 4. The van der Waals surface area contributed by atoms with Crippen molar-refractivity contribution in [2.45, 2.75) is 4.90 Å². The minimum atomic E-state index is -0.549. The van der Waals surface area contributed by atoms with Gasteiger partial charge in [-0.25, -0.2) is 0 Å². The summed E-state index contributed by atoms with van der Waals surface area (Å²) < 4.78 is 5.52. The van der Waals surface area contributed by atoms with Gasteiger partial charge in [0.15, 0.2) is 5.75 Å². The zero-order chi connectivity index (χ0) is 15.2. The summed E-state index contributed by atoms with van der Waals surface area (Å²) in [7, 11) is 0. The summed E-state index contributed by atoms with van der Waals surface area (Å²) in [4.78, 5) is 11.3. The van der Waals surface area contributed by atoms with Crippen LogP contribution < -0.4 is 4.74 Å². The maximum atomic E-state index is 10.7. The van der Waals surface area contributed by atoms with Crippen molar-refractivity contribution in [3.8, 4) is 5.75 Å². The molecule has 0 fully saturated rings. The monoisotopic (exact) mass is 343 g/mol. The molecule has 7 heteroatoms. The van der Waals surface area contributed by atoms with Crippen LogP contribution in [-0.4, -0.2) is 17.3 Å². The van der Waals surface area contributed by atoms with Gasteiger partial charge in [0, 0.05) is 22.8 Å². The van der Waals surface area contributed by atoms with Crippen molar-refractivity contribution in [1.29, 1.82) is 0 Å². The van der Waals surface area contributed by atoms with E-state index in [4.69, 9.17) is 27.9 Å². The predicted octanol–water partition coefficient (Wildman–Crippen LogP) is 5.07. The van der Waals surface area contributed by atoms with Gasteiger partial charge in [-0.05, 0) is 12.1 Å². The molecule has 0 aliphatic carbocycles. The highest BCUT2D eigenvalue weighted by molar-refractivity contribution is 7.99. The average molecular weight is 344 g/mol. The van der Waals surface area contributed by atoms with E-state index >= 15 is 0 Å². The Morgan fingerprint density at radius 2 is 1.76 bits per heavy atom. The number of nitrogens with zero attached hydrogens (tertiary/aromatic N) is 1. The van der Waals surface area contributed by atoms with Crippen LogP contribution in [-0.2, 0) is 0 Å². The molecule has 21 heavy (non-hydrogen) atoms. The van der Waals surface area contributed by atoms with Crippen LogP contribution in [0.2, 0.25) is 10.0 Å². The summed E-state index contributed by atoms with van der Waals surface area (Å²) in [6.45, 7) is 0.400. The highest BCUT2D eigenvalue weighted by Gasteiger charge is 2.15. The molecule has 0 heterocycles. The van der Waals surface area contributed by atoms with Crippen molar-refractivity contribution in [3.63, 3.8) is 0 Å². The molecule has 0 atom stereocenters. The molecule has 0 unspecified atom stereocenters. The minimum absolute atomic E-state index is 0.138. The van der Waals surface area contributed by atoms with Crippen molar-refractivity contribution >= 4 is 40.7 Å². The van der Waals surface area contributed by atoms with Crippen molar-refractivity contribution in [2.24, 2.45) is 0 Å². The second-order valence-corrected chi connectivity index (χ2v) is 5.99. The zero-order valence-electron chi connectivity index (χ0n) is 10.8. The summed E-state index contributed by atoms with van der Waals surface area (Å²) in [5.41, 5.74) is -0.156. The summed E-state index contributed by atoms with van der Waals surface area (Å²) in [6, 6.07) is 12.4. The van der Waals surface area contributed by atoms with E-state index in [9.17, 15) is 10.1 Å². The Kier molecular flexibility index (Phi) is 5.73. The fourth-order valence-corrected chi connectivity index (χ4v) is 2.95. The molecule has 0 spiro atoms. The maximum absolute atomic E-state index is 10.7. The molecule has 0 radical (unpaired) electrons. The molecular formula is C14H11Cl2NO3S. The third-order valence-corrected chi connectivity index (χ3v) is 4.07. The Morgan fingerprint density at radius 1 is 1.14 bits per heavy atom. The van der Waals surface area contributed by atoms with Gasteiger partial charge in [0.25, 0.3) is 5.69 Å². The first-order valence-electron chi connectivity index (χ1n) is 6.02. The van der Waals surface area contributed by atoms with E-state index in [0.29, 0.717) is 12.4 Å². The first kappa shape index (κ1) is 15.9. The third kappa shape index (κ3) is 4.52. The number of nitro groups is 1. The van der Waals surface area contributed by atoms with Gasteiger partial charge in [-0.1, -0.05) is 41.4 Å². The summed E-state index contributed by atoms with van der Waals surface area (Å²) in [5, 5.41) is 11.0. The Morgan fingerprint density at radius 3 is 2.33 bits per heavy atom. The van der Waals surface area contributed by atoms with Gasteiger partial charge < -0.3 is 4.74 Å². The largest absolute Gasteiger partial charge is 0.490 e. The quantitative estimate of drug-likeness (QED) is 0.318. The van der Waals surface area contributed by atoms with E-state index in [1.807, 2.05) is 30.3 Å². The number of thioether (sulfide) groups is 1. The van der Waals surface area contributed by atoms with Crippen molar-refractivity contribution < 1.29 is 9.66 Å². The smallest absolute Gasteiger partial charge is 0.272 e. The zero-order valence-corrected chi connectivity index (χ0v) is 13.1. The average Bonchev–Trinajstić information content (AvgIpc) is 2.46.